The van der Waals surface area contributed by atoms with E-state index in [-0.39, 0.29) is 10.8 Å². The molecule has 0 bridgehead atoms. The summed E-state index contributed by atoms with van der Waals surface area (Å²) >= 11 is 0. The van der Waals surface area contributed by atoms with E-state index in [2.05, 4.69) is 154 Å². The van der Waals surface area contributed by atoms with Gasteiger partial charge in [-0.25, -0.2) is 0 Å². The molecule has 1 atom stereocenters. The summed E-state index contributed by atoms with van der Waals surface area (Å²) in [5.74, 6) is 2.73. The lowest BCUT2D eigenvalue weighted by atomic mass is 9.78. The smallest absolute Gasteiger partial charge is 0.301 e. The second-order valence-electron chi connectivity index (χ2n) is 18.5. The number of rotatable bonds is 7. The molecule has 4 nitrogen and oxygen atoms in total. The number of nitrogens with zero attached hydrogens (tertiary/aromatic N) is 2. The molecule has 54 heavy (non-hydrogen) atoms. The van der Waals surface area contributed by atoms with Crippen LogP contribution in [0.5, 0.6) is 0 Å². The number of fused-ring (bicyclic) bond motifs is 13. The maximum atomic E-state index is 7.67. The molecule has 1 unspecified atom stereocenters. The molecule has 2 aliphatic heterocycles. The van der Waals surface area contributed by atoms with Gasteiger partial charge in [-0.15, -0.1) is 0 Å². The van der Waals surface area contributed by atoms with Gasteiger partial charge in [-0.3, -0.25) is 0 Å². The first-order valence-corrected chi connectivity index (χ1v) is 20.6. The van der Waals surface area contributed by atoms with Crippen LogP contribution in [0.2, 0.25) is 0 Å². The van der Waals surface area contributed by atoms with Crippen LogP contribution in [0, 0.1) is 31.1 Å². The average Bonchev–Trinajstić information content (AvgIpc) is 3.61. The highest BCUT2D eigenvalue weighted by Gasteiger charge is 2.56. The molecule has 0 amide bonds. The van der Waals surface area contributed by atoms with Gasteiger partial charge in [0.05, 0.1) is 10.9 Å². The Balaban J connectivity index is 1.55. The molecule has 0 fully saturated rings. The molecule has 4 heterocycles. The van der Waals surface area contributed by atoms with E-state index < -0.39 is 5.72 Å². The summed E-state index contributed by atoms with van der Waals surface area (Å²) in [6, 6.07) is 20.7. The Morgan fingerprint density at radius 1 is 0.741 bits per heavy atom. The Morgan fingerprint density at radius 3 is 2.09 bits per heavy atom. The second kappa shape index (κ2) is 12.8. The van der Waals surface area contributed by atoms with Crippen molar-refractivity contribution in [2.45, 2.75) is 126 Å². The molecule has 4 aromatic carbocycles. The predicted octanol–water partition coefficient (Wildman–Crippen LogP) is 13.5. The molecule has 0 saturated carbocycles. The topological polar surface area (TPSA) is 39.1 Å². The summed E-state index contributed by atoms with van der Waals surface area (Å²) in [6.07, 6.45) is 10.0. The second-order valence-corrected chi connectivity index (χ2v) is 18.5. The monoisotopic (exact) mass is 719 g/mol. The molecule has 6 aromatic rings. The molecule has 0 N–H and O–H groups in total. The summed E-state index contributed by atoms with van der Waals surface area (Å²) in [4.78, 5) is 5.48. The lowest BCUT2D eigenvalue weighted by Gasteiger charge is -2.36. The Morgan fingerprint density at radius 2 is 1.43 bits per heavy atom. The molecule has 4 heteroatoms. The maximum absolute atomic E-state index is 7.67. The number of aryl methyl sites for hydroxylation is 2. The van der Waals surface area contributed by atoms with Crippen LogP contribution in [0.15, 0.2) is 82.5 Å². The van der Waals surface area contributed by atoms with E-state index in [1.54, 1.807) is 0 Å². The third-order valence-corrected chi connectivity index (χ3v) is 12.4. The normalized spacial score (nSPS) is 17.3. The van der Waals surface area contributed by atoms with E-state index in [0.29, 0.717) is 11.8 Å². The van der Waals surface area contributed by atoms with Crippen molar-refractivity contribution in [1.82, 2.24) is 4.98 Å². The SMILES string of the molecule is CCC(CC)C1=CC2(OC(C(CC)CC)=C1)c1c(cc(C(C)(C)C)c3cc(C)ccc13)-c1c3oc4c5cccc(CC(C)(C)C)c5ccc4c3nc(C)[n+]12. The van der Waals surface area contributed by atoms with Gasteiger partial charge in [-0.1, -0.05) is 117 Å². The van der Waals surface area contributed by atoms with Gasteiger partial charge in [0.1, 0.15) is 11.3 Å². The van der Waals surface area contributed by atoms with Gasteiger partial charge >= 0.3 is 11.5 Å². The van der Waals surface area contributed by atoms with Crippen LogP contribution in [0.4, 0.5) is 0 Å². The number of benzene rings is 4. The first kappa shape index (κ1) is 36.5. The third-order valence-electron chi connectivity index (χ3n) is 12.4. The van der Waals surface area contributed by atoms with Gasteiger partial charge in [-0.05, 0) is 112 Å². The first-order valence-electron chi connectivity index (χ1n) is 20.6. The van der Waals surface area contributed by atoms with Gasteiger partial charge < -0.3 is 9.15 Å². The number of ether oxygens (including phenoxy) is 1. The van der Waals surface area contributed by atoms with Crippen molar-refractivity contribution in [2.24, 2.45) is 17.3 Å². The lowest BCUT2D eigenvalue weighted by molar-refractivity contribution is -0.774. The van der Waals surface area contributed by atoms with Gasteiger partial charge in [-0.2, -0.15) is 4.57 Å². The van der Waals surface area contributed by atoms with Crippen molar-refractivity contribution in [1.29, 1.82) is 0 Å². The van der Waals surface area contributed by atoms with E-state index >= 15 is 0 Å². The van der Waals surface area contributed by atoms with Crippen LogP contribution in [0.1, 0.15) is 123 Å². The molecule has 1 spiro atoms. The van der Waals surface area contributed by atoms with E-state index in [1.807, 2.05) is 0 Å². The zero-order valence-electron chi connectivity index (χ0n) is 34.8. The van der Waals surface area contributed by atoms with Gasteiger partial charge in [0.25, 0.3) is 0 Å². The predicted molar refractivity (Wildman–Crippen MR) is 226 cm³/mol. The van der Waals surface area contributed by atoms with Crippen molar-refractivity contribution >= 4 is 43.6 Å². The summed E-state index contributed by atoms with van der Waals surface area (Å²) in [5.41, 5.74) is 10.5. The summed E-state index contributed by atoms with van der Waals surface area (Å²) < 4.78 is 17.3. The minimum atomic E-state index is -0.925. The van der Waals surface area contributed by atoms with E-state index in [4.69, 9.17) is 14.1 Å². The molecular formula is C50H59N2O2+. The zero-order chi connectivity index (χ0) is 38.5. The Kier molecular flexibility index (Phi) is 8.67. The van der Waals surface area contributed by atoms with Crippen LogP contribution in [0.3, 0.4) is 0 Å². The van der Waals surface area contributed by atoms with Crippen LogP contribution in [0.25, 0.3) is 54.9 Å². The number of allylic oxidation sites excluding steroid dienone is 3. The zero-order valence-corrected chi connectivity index (χ0v) is 34.8. The number of aromatic nitrogens is 2. The molecule has 0 radical (unpaired) electrons. The highest BCUT2D eigenvalue weighted by atomic mass is 16.5. The Hall–Kier alpha value is -4.44. The quantitative estimate of drug-likeness (QED) is 0.154. The van der Waals surface area contributed by atoms with Crippen LogP contribution in [-0.4, -0.2) is 4.98 Å². The highest BCUT2D eigenvalue weighted by Crippen LogP contribution is 2.53. The van der Waals surface area contributed by atoms with Crippen molar-refractivity contribution in [3.8, 4) is 11.3 Å². The van der Waals surface area contributed by atoms with E-state index in [0.717, 1.165) is 76.8 Å². The summed E-state index contributed by atoms with van der Waals surface area (Å²) in [7, 11) is 0. The first-order chi connectivity index (χ1) is 25.6. The molecule has 2 aliphatic rings. The lowest BCUT2D eigenvalue weighted by Crippen LogP contribution is -2.59. The van der Waals surface area contributed by atoms with Gasteiger partial charge in [0.15, 0.2) is 5.69 Å². The fourth-order valence-electron chi connectivity index (χ4n) is 9.72. The molecule has 0 aliphatic carbocycles. The number of hydrogen-bond acceptors (Lipinski definition) is 3. The minimum Gasteiger partial charge on any atom is -0.447 e. The van der Waals surface area contributed by atoms with Crippen molar-refractivity contribution < 1.29 is 13.7 Å². The van der Waals surface area contributed by atoms with Gasteiger partial charge in [0, 0.05) is 29.9 Å². The fourth-order valence-corrected chi connectivity index (χ4v) is 9.72. The van der Waals surface area contributed by atoms with Crippen LogP contribution in [-0.2, 0) is 22.3 Å². The van der Waals surface area contributed by atoms with E-state index in [1.165, 1.54) is 49.5 Å². The number of furan rings is 1. The van der Waals surface area contributed by atoms with Crippen molar-refractivity contribution in [2.75, 3.05) is 0 Å². The van der Waals surface area contributed by atoms with Crippen LogP contribution < -0.4 is 4.57 Å². The fraction of sp³-hybridized carbons (Fsp3) is 0.440. The maximum Gasteiger partial charge on any atom is 0.301 e. The molecule has 0 saturated heterocycles. The standard InChI is InChI=1S/C50H59N2O2/c1-13-31(14-2)34-25-42(32(15-3)16-4)54-50(28-34)43-36-21-20-29(5)24-39(36)41(49(10,11)12)26-40(43)45-47-44(51-30(6)52(45)50)38-23-22-35-33(27-48(7,8)9)18-17-19-37(35)46(38)53-47/h17-26,28,31-32H,13-16,27H2,1-12H3/q+1. The summed E-state index contributed by atoms with van der Waals surface area (Å²) in [5, 5.41) is 5.98. The van der Waals surface area contributed by atoms with E-state index in [9.17, 15) is 0 Å². The van der Waals surface area contributed by atoms with Gasteiger partial charge in [0.2, 0.25) is 11.1 Å². The molecular weight excluding hydrogens is 661 g/mol. The van der Waals surface area contributed by atoms with Crippen molar-refractivity contribution in [3.05, 3.63) is 106 Å². The Labute approximate surface area is 322 Å². The molecule has 2 aromatic heterocycles. The Bertz CT molecular complexity index is 2540. The van der Waals surface area contributed by atoms with Crippen molar-refractivity contribution in [3.63, 3.8) is 0 Å². The third kappa shape index (κ3) is 5.53. The molecule has 280 valence electrons. The summed E-state index contributed by atoms with van der Waals surface area (Å²) in [6.45, 7) is 27.5. The number of hydrogen-bond donors (Lipinski definition) is 0. The highest BCUT2D eigenvalue weighted by molar-refractivity contribution is 6.16. The average molecular weight is 720 g/mol. The van der Waals surface area contributed by atoms with Crippen LogP contribution >= 0.6 is 0 Å². The molecule has 8 rings (SSSR count). The minimum absolute atomic E-state index is 0.0963. The largest absolute Gasteiger partial charge is 0.447 e.